The Morgan fingerprint density at radius 1 is 1.33 bits per heavy atom. The van der Waals surface area contributed by atoms with Gasteiger partial charge in [-0.1, -0.05) is 17.7 Å². The van der Waals surface area contributed by atoms with E-state index in [0.29, 0.717) is 17.3 Å². The first-order valence-corrected chi connectivity index (χ1v) is 5.99. The van der Waals surface area contributed by atoms with Crippen LogP contribution in [0.1, 0.15) is 0 Å². The van der Waals surface area contributed by atoms with Gasteiger partial charge in [0.15, 0.2) is 0 Å². The van der Waals surface area contributed by atoms with Crippen molar-refractivity contribution in [2.24, 2.45) is 0 Å². The predicted octanol–water partition coefficient (Wildman–Crippen LogP) is 2.28. The molecule has 0 fully saturated rings. The highest BCUT2D eigenvalue weighted by Crippen LogP contribution is 2.16. The molecule has 0 heterocycles. The number of ether oxygens (including phenoxy) is 1. The highest BCUT2D eigenvalue weighted by Gasteiger charge is 2.11. The van der Waals surface area contributed by atoms with Crippen molar-refractivity contribution in [1.29, 1.82) is 0 Å². The molecule has 0 radical (unpaired) electrons. The summed E-state index contributed by atoms with van der Waals surface area (Å²) in [7, 11) is 0. The average Bonchev–Trinajstić information content (AvgIpc) is 2.28. The van der Waals surface area contributed by atoms with Gasteiger partial charge in [0.2, 0.25) is 0 Å². The summed E-state index contributed by atoms with van der Waals surface area (Å²) in [5.74, 6) is 0.600. The minimum absolute atomic E-state index is 0.149. The number of alkyl halides is 2. The molecule has 1 rings (SSSR count). The summed E-state index contributed by atoms with van der Waals surface area (Å²) in [6.45, 7) is 0.303. The molecule has 0 unspecified atom stereocenters. The van der Waals surface area contributed by atoms with Crippen LogP contribution in [0.2, 0.25) is 5.02 Å². The van der Waals surface area contributed by atoms with Crippen molar-refractivity contribution in [3.63, 3.8) is 0 Å². The van der Waals surface area contributed by atoms with E-state index in [4.69, 9.17) is 21.4 Å². The van der Waals surface area contributed by atoms with Gasteiger partial charge in [0.1, 0.15) is 12.4 Å². The minimum atomic E-state index is -2.41. The SMILES string of the molecule is OCCN(CCOc1cccc(Cl)c1)CC(F)F. The maximum absolute atomic E-state index is 12.2. The third-order valence-corrected chi connectivity index (χ3v) is 2.52. The van der Waals surface area contributed by atoms with E-state index in [0.717, 1.165) is 0 Å². The summed E-state index contributed by atoms with van der Waals surface area (Å²) in [6, 6.07) is 6.88. The Hall–Kier alpha value is -0.910. The molecule has 0 bridgehead atoms. The van der Waals surface area contributed by atoms with Gasteiger partial charge in [0.25, 0.3) is 6.43 Å². The topological polar surface area (TPSA) is 32.7 Å². The highest BCUT2D eigenvalue weighted by molar-refractivity contribution is 6.30. The molecule has 0 aliphatic carbocycles. The summed E-state index contributed by atoms with van der Waals surface area (Å²) in [4.78, 5) is 1.45. The number of benzene rings is 1. The monoisotopic (exact) mass is 279 g/mol. The number of aliphatic hydroxyl groups excluding tert-OH is 1. The molecule has 0 aromatic heterocycles. The van der Waals surface area contributed by atoms with Gasteiger partial charge >= 0.3 is 0 Å². The Balaban J connectivity index is 2.33. The minimum Gasteiger partial charge on any atom is -0.492 e. The third-order valence-electron chi connectivity index (χ3n) is 2.28. The molecule has 3 nitrogen and oxygen atoms in total. The Morgan fingerprint density at radius 3 is 2.72 bits per heavy atom. The van der Waals surface area contributed by atoms with Crippen molar-refractivity contribution in [2.75, 3.05) is 32.8 Å². The fraction of sp³-hybridized carbons (Fsp3) is 0.500. The van der Waals surface area contributed by atoms with E-state index in [2.05, 4.69) is 0 Å². The standard InChI is InChI=1S/C12H16ClF2NO2/c13-10-2-1-3-11(8-10)18-7-5-16(4-6-17)9-12(14)15/h1-3,8,12,17H,4-7,9H2. The molecule has 1 aromatic rings. The second-order valence-electron chi connectivity index (χ2n) is 3.72. The quantitative estimate of drug-likeness (QED) is 0.792. The number of nitrogens with zero attached hydrogens (tertiary/aromatic N) is 1. The van der Waals surface area contributed by atoms with Crippen molar-refractivity contribution >= 4 is 11.6 Å². The van der Waals surface area contributed by atoms with Crippen LogP contribution in [0.15, 0.2) is 24.3 Å². The van der Waals surface area contributed by atoms with Gasteiger partial charge in [0.05, 0.1) is 13.2 Å². The molecule has 1 N–H and O–H groups in total. The summed E-state index contributed by atoms with van der Waals surface area (Å²) in [5.41, 5.74) is 0. The van der Waals surface area contributed by atoms with Gasteiger partial charge in [-0.15, -0.1) is 0 Å². The summed E-state index contributed by atoms with van der Waals surface area (Å²) in [6.07, 6.45) is -2.41. The van der Waals surface area contributed by atoms with E-state index in [9.17, 15) is 8.78 Å². The molecule has 0 saturated heterocycles. The largest absolute Gasteiger partial charge is 0.492 e. The molecular formula is C12H16ClF2NO2. The number of halogens is 3. The first kappa shape index (κ1) is 15.1. The van der Waals surface area contributed by atoms with Crippen LogP contribution < -0.4 is 4.74 Å². The van der Waals surface area contributed by atoms with E-state index in [1.807, 2.05) is 0 Å². The van der Waals surface area contributed by atoms with Crippen LogP contribution in [-0.4, -0.2) is 49.3 Å². The van der Waals surface area contributed by atoms with E-state index in [1.165, 1.54) is 4.90 Å². The van der Waals surface area contributed by atoms with E-state index in [-0.39, 0.29) is 26.3 Å². The van der Waals surface area contributed by atoms with Crippen molar-refractivity contribution in [3.8, 4) is 5.75 Å². The Morgan fingerprint density at radius 2 is 2.11 bits per heavy atom. The number of hydrogen-bond acceptors (Lipinski definition) is 3. The third kappa shape index (κ3) is 6.14. The van der Waals surface area contributed by atoms with Gasteiger partial charge in [-0.25, -0.2) is 8.78 Å². The van der Waals surface area contributed by atoms with Crippen LogP contribution in [0, 0.1) is 0 Å². The maximum Gasteiger partial charge on any atom is 0.251 e. The van der Waals surface area contributed by atoms with Gasteiger partial charge in [-0.3, -0.25) is 4.90 Å². The van der Waals surface area contributed by atoms with E-state index >= 15 is 0 Å². The zero-order valence-electron chi connectivity index (χ0n) is 9.86. The lowest BCUT2D eigenvalue weighted by atomic mass is 10.3. The summed E-state index contributed by atoms with van der Waals surface area (Å²) in [5, 5.41) is 9.32. The number of hydrogen-bond donors (Lipinski definition) is 1. The van der Waals surface area contributed by atoms with Gasteiger partial charge in [-0.2, -0.15) is 0 Å². The molecule has 102 valence electrons. The molecule has 1 aromatic carbocycles. The highest BCUT2D eigenvalue weighted by atomic mass is 35.5. The van der Waals surface area contributed by atoms with Crippen molar-refractivity contribution < 1.29 is 18.6 Å². The molecule has 0 aliphatic heterocycles. The van der Waals surface area contributed by atoms with E-state index < -0.39 is 6.43 Å². The molecule has 6 heteroatoms. The van der Waals surface area contributed by atoms with Gasteiger partial charge in [0, 0.05) is 18.1 Å². The Kier molecular flexibility index (Phi) is 6.93. The molecule has 0 saturated carbocycles. The van der Waals surface area contributed by atoms with Crippen LogP contribution in [0.25, 0.3) is 0 Å². The molecule has 0 amide bonds. The van der Waals surface area contributed by atoms with Crippen molar-refractivity contribution in [3.05, 3.63) is 29.3 Å². The second kappa shape index (κ2) is 8.24. The van der Waals surface area contributed by atoms with Gasteiger partial charge < -0.3 is 9.84 Å². The van der Waals surface area contributed by atoms with E-state index in [1.54, 1.807) is 24.3 Å². The lowest BCUT2D eigenvalue weighted by molar-refractivity contribution is 0.0709. The lowest BCUT2D eigenvalue weighted by Gasteiger charge is -2.20. The summed E-state index contributed by atoms with van der Waals surface area (Å²) < 4.78 is 29.9. The maximum atomic E-state index is 12.2. The summed E-state index contributed by atoms with van der Waals surface area (Å²) >= 11 is 5.78. The molecule has 0 aliphatic rings. The van der Waals surface area contributed by atoms with Crippen LogP contribution in [0.4, 0.5) is 8.78 Å². The predicted molar refractivity (Wildman–Crippen MR) is 66.5 cm³/mol. The van der Waals surface area contributed by atoms with Crippen LogP contribution in [0.5, 0.6) is 5.75 Å². The normalized spacial score (nSPS) is 11.2. The first-order chi connectivity index (χ1) is 8.61. The van der Waals surface area contributed by atoms with Crippen molar-refractivity contribution in [1.82, 2.24) is 4.90 Å². The molecule has 18 heavy (non-hydrogen) atoms. The molecule has 0 spiro atoms. The lowest BCUT2D eigenvalue weighted by Crippen LogP contribution is -2.35. The number of aliphatic hydroxyl groups is 1. The van der Waals surface area contributed by atoms with Gasteiger partial charge in [-0.05, 0) is 18.2 Å². The van der Waals surface area contributed by atoms with Crippen LogP contribution in [0.3, 0.4) is 0 Å². The molecular weight excluding hydrogens is 264 g/mol. The average molecular weight is 280 g/mol. The van der Waals surface area contributed by atoms with Crippen LogP contribution in [-0.2, 0) is 0 Å². The Labute approximate surface area is 110 Å². The Bertz CT molecular complexity index is 353. The first-order valence-electron chi connectivity index (χ1n) is 5.61. The fourth-order valence-electron chi connectivity index (χ4n) is 1.48. The van der Waals surface area contributed by atoms with Crippen LogP contribution >= 0.6 is 11.6 Å². The second-order valence-corrected chi connectivity index (χ2v) is 4.16. The van der Waals surface area contributed by atoms with Crippen molar-refractivity contribution in [2.45, 2.75) is 6.43 Å². The zero-order valence-corrected chi connectivity index (χ0v) is 10.6. The molecule has 0 atom stereocenters. The number of rotatable bonds is 8. The fourth-order valence-corrected chi connectivity index (χ4v) is 1.66. The smallest absolute Gasteiger partial charge is 0.251 e. The zero-order chi connectivity index (χ0) is 13.4.